The lowest BCUT2D eigenvalue weighted by molar-refractivity contribution is 0.0953. The van der Waals surface area contributed by atoms with Gasteiger partial charge in [-0.15, -0.1) is 0 Å². The third-order valence-corrected chi connectivity index (χ3v) is 6.54. The molecule has 0 saturated carbocycles. The van der Waals surface area contributed by atoms with Crippen LogP contribution in [0.3, 0.4) is 0 Å². The van der Waals surface area contributed by atoms with E-state index in [-0.39, 0.29) is 17.4 Å². The molecule has 4 N–H and O–H groups in total. The molecular formula is C28H32N4O3. The number of phenols is 2. The summed E-state index contributed by atoms with van der Waals surface area (Å²) in [7, 11) is 0. The number of nitrogens with zero attached hydrogens (tertiary/aromatic N) is 2. The van der Waals surface area contributed by atoms with Crippen LogP contribution >= 0.6 is 0 Å². The van der Waals surface area contributed by atoms with Crippen molar-refractivity contribution in [2.75, 3.05) is 11.9 Å². The zero-order valence-electron chi connectivity index (χ0n) is 20.6. The van der Waals surface area contributed by atoms with Crippen molar-refractivity contribution in [3.63, 3.8) is 0 Å². The number of aryl methyl sites for hydroxylation is 4. The molecule has 0 radical (unpaired) electrons. The maximum Gasteiger partial charge on any atom is 0.252 e. The molecule has 0 bridgehead atoms. The minimum Gasteiger partial charge on any atom is -0.504 e. The van der Waals surface area contributed by atoms with Crippen molar-refractivity contribution in [2.24, 2.45) is 0 Å². The Balaban J connectivity index is 1.56. The first kappa shape index (κ1) is 24.1. The number of aromatic nitrogens is 2. The first-order valence-corrected chi connectivity index (χ1v) is 11.9. The number of anilines is 1. The van der Waals surface area contributed by atoms with Crippen molar-refractivity contribution >= 4 is 17.2 Å². The second-order valence-corrected chi connectivity index (χ2v) is 8.87. The topological polar surface area (TPSA) is 98.9 Å². The van der Waals surface area contributed by atoms with Gasteiger partial charge in [-0.25, -0.2) is 4.98 Å². The summed E-state index contributed by atoms with van der Waals surface area (Å²) in [4.78, 5) is 17.8. The smallest absolute Gasteiger partial charge is 0.252 e. The molecule has 0 atom stereocenters. The summed E-state index contributed by atoms with van der Waals surface area (Å²) in [6.07, 6.45) is 3.31. The molecule has 0 saturated heterocycles. The predicted molar refractivity (Wildman–Crippen MR) is 138 cm³/mol. The minimum absolute atomic E-state index is 0.158. The Labute approximate surface area is 205 Å². The lowest BCUT2D eigenvalue weighted by atomic mass is 10.00. The highest BCUT2D eigenvalue weighted by Crippen LogP contribution is 2.26. The van der Waals surface area contributed by atoms with E-state index >= 15 is 0 Å². The number of carbonyl (C=O) groups excluding carboxylic acids is 1. The lowest BCUT2D eigenvalue weighted by Crippen LogP contribution is -2.26. The van der Waals surface area contributed by atoms with Crippen LogP contribution in [0.15, 0.2) is 48.7 Å². The quantitative estimate of drug-likeness (QED) is 0.276. The van der Waals surface area contributed by atoms with Gasteiger partial charge in [-0.1, -0.05) is 31.2 Å². The van der Waals surface area contributed by atoms with Crippen LogP contribution in [-0.2, 0) is 19.4 Å². The van der Waals surface area contributed by atoms with Crippen molar-refractivity contribution in [2.45, 2.75) is 47.1 Å². The van der Waals surface area contributed by atoms with Gasteiger partial charge in [-0.3, -0.25) is 4.79 Å². The third-order valence-electron chi connectivity index (χ3n) is 6.54. The fraction of sp³-hybridized carbons (Fsp3) is 0.286. The number of hydrogen-bond donors (Lipinski definition) is 4. The average Bonchev–Trinajstić information content (AvgIpc) is 3.13. The van der Waals surface area contributed by atoms with Crippen molar-refractivity contribution in [3.05, 3.63) is 87.9 Å². The van der Waals surface area contributed by atoms with Crippen LogP contribution in [-0.4, -0.2) is 32.0 Å². The highest BCUT2D eigenvalue weighted by Gasteiger charge is 2.15. The Kier molecular flexibility index (Phi) is 6.96. The summed E-state index contributed by atoms with van der Waals surface area (Å²) in [5.41, 5.74) is 8.67. The van der Waals surface area contributed by atoms with Gasteiger partial charge in [0.2, 0.25) is 0 Å². The average molecular weight is 473 g/mol. The van der Waals surface area contributed by atoms with Gasteiger partial charge >= 0.3 is 0 Å². The summed E-state index contributed by atoms with van der Waals surface area (Å²) in [6.45, 7) is 9.28. The molecule has 0 unspecified atom stereocenters. The number of amides is 1. The maximum absolute atomic E-state index is 13.0. The second-order valence-electron chi connectivity index (χ2n) is 8.87. The number of aromatic hydroxyl groups is 2. The predicted octanol–water partition coefficient (Wildman–Crippen LogP) is 4.82. The molecule has 0 fully saturated rings. The minimum atomic E-state index is -0.186. The van der Waals surface area contributed by atoms with E-state index in [9.17, 15) is 15.0 Å². The molecule has 1 amide bonds. The van der Waals surface area contributed by atoms with E-state index in [1.165, 1.54) is 28.8 Å². The zero-order chi connectivity index (χ0) is 25.1. The van der Waals surface area contributed by atoms with E-state index in [1.54, 1.807) is 6.07 Å². The van der Waals surface area contributed by atoms with Crippen LogP contribution in [0.4, 0.5) is 5.69 Å². The van der Waals surface area contributed by atoms with Crippen LogP contribution in [0.1, 0.15) is 50.9 Å². The zero-order valence-corrected chi connectivity index (χ0v) is 20.6. The van der Waals surface area contributed by atoms with E-state index in [1.807, 2.05) is 30.5 Å². The molecule has 0 aliphatic rings. The first-order chi connectivity index (χ1) is 16.8. The molecule has 2 heterocycles. The van der Waals surface area contributed by atoms with E-state index in [0.717, 1.165) is 34.7 Å². The molecule has 0 spiro atoms. The van der Waals surface area contributed by atoms with Gasteiger partial charge in [0.05, 0.1) is 16.9 Å². The van der Waals surface area contributed by atoms with Gasteiger partial charge in [-0.05, 0) is 74.1 Å². The first-order valence-electron chi connectivity index (χ1n) is 11.9. The largest absolute Gasteiger partial charge is 0.504 e. The number of benzene rings is 2. The molecule has 7 nitrogen and oxygen atoms in total. The molecule has 4 aromatic rings. The van der Waals surface area contributed by atoms with Gasteiger partial charge in [-0.2, -0.15) is 0 Å². The maximum atomic E-state index is 13.0. The van der Waals surface area contributed by atoms with Crippen LogP contribution < -0.4 is 10.6 Å². The molecule has 2 aromatic heterocycles. The third kappa shape index (κ3) is 5.09. The van der Waals surface area contributed by atoms with Crippen molar-refractivity contribution < 1.29 is 15.0 Å². The Bertz CT molecular complexity index is 1390. The number of phenolic OH excluding ortho intramolecular Hbond substituents is 2. The van der Waals surface area contributed by atoms with E-state index in [0.29, 0.717) is 25.1 Å². The van der Waals surface area contributed by atoms with E-state index in [4.69, 9.17) is 4.98 Å². The Morgan fingerprint density at radius 2 is 1.86 bits per heavy atom. The fourth-order valence-electron chi connectivity index (χ4n) is 4.30. The summed E-state index contributed by atoms with van der Waals surface area (Å²) < 4.78 is 1.96. The van der Waals surface area contributed by atoms with Crippen LogP contribution in [0.2, 0.25) is 0 Å². The normalized spacial score (nSPS) is 11.1. The monoisotopic (exact) mass is 472 g/mol. The molecule has 182 valence electrons. The van der Waals surface area contributed by atoms with Crippen molar-refractivity contribution in [3.8, 4) is 11.5 Å². The van der Waals surface area contributed by atoms with Gasteiger partial charge in [0.15, 0.2) is 17.1 Å². The van der Waals surface area contributed by atoms with Gasteiger partial charge < -0.3 is 25.2 Å². The molecule has 0 aliphatic heterocycles. The van der Waals surface area contributed by atoms with Gasteiger partial charge in [0.25, 0.3) is 5.91 Å². The number of carbonyl (C=O) groups is 1. The lowest BCUT2D eigenvalue weighted by Gasteiger charge is -2.15. The van der Waals surface area contributed by atoms with Crippen molar-refractivity contribution in [1.82, 2.24) is 14.7 Å². The highest BCUT2D eigenvalue weighted by molar-refractivity contribution is 5.96. The molecule has 0 aliphatic carbocycles. The second kappa shape index (κ2) is 10.1. The Morgan fingerprint density at radius 1 is 1.06 bits per heavy atom. The Hall–Kier alpha value is -4.00. The van der Waals surface area contributed by atoms with Crippen LogP contribution in [0, 0.1) is 20.8 Å². The van der Waals surface area contributed by atoms with Crippen LogP contribution in [0.25, 0.3) is 5.65 Å². The number of nitrogens with one attached hydrogen (secondary N) is 2. The molecule has 35 heavy (non-hydrogen) atoms. The van der Waals surface area contributed by atoms with Gasteiger partial charge in [0.1, 0.15) is 0 Å². The molecule has 2 aromatic carbocycles. The highest BCUT2D eigenvalue weighted by atomic mass is 16.3. The van der Waals surface area contributed by atoms with E-state index in [2.05, 4.69) is 42.7 Å². The summed E-state index contributed by atoms with van der Waals surface area (Å²) in [5.74, 6) is -0.511. The summed E-state index contributed by atoms with van der Waals surface area (Å²) >= 11 is 0. The standard InChI is InChI=1S/C28H32N4O3/c1-5-21-8-6-7-17(2)23(21)15-30-24-14-22(16-32-19(4)18(3)31-27(24)32)28(35)29-12-11-20-9-10-25(33)26(34)13-20/h6-10,13-14,16,30,33-34H,5,11-12,15H2,1-4H3,(H,29,35). The molecular weight excluding hydrogens is 440 g/mol. The number of rotatable bonds is 8. The van der Waals surface area contributed by atoms with Gasteiger partial charge in [0, 0.05) is 25.0 Å². The van der Waals surface area contributed by atoms with E-state index < -0.39 is 0 Å². The fourth-order valence-corrected chi connectivity index (χ4v) is 4.30. The van der Waals surface area contributed by atoms with Crippen LogP contribution in [0.5, 0.6) is 11.5 Å². The van der Waals surface area contributed by atoms with Crippen molar-refractivity contribution in [1.29, 1.82) is 0 Å². The number of pyridine rings is 1. The molecule has 4 rings (SSSR count). The summed E-state index contributed by atoms with van der Waals surface area (Å²) in [6, 6.07) is 12.9. The number of hydrogen-bond acceptors (Lipinski definition) is 5. The number of imidazole rings is 1. The summed E-state index contributed by atoms with van der Waals surface area (Å²) in [5, 5.41) is 25.6. The number of fused-ring (bicyclic) bond motifs is 1. The SMILES string of the molecule is CCc1cccc(C)c1CNc1cc(C(=O)NCCc2ccc(O)c(O)c2)cn2c(C)c(C)nc12. The molecule has 7 heteroatoms. The Morgan fingerprint density at radius 3 is 2.60 bits per heavy atom.